The van der Waals surface area contributed by atoms with Crippen molar-refractivity contribution < 1.29 is 18.7 Å². The third-order valence-corrected chi connectivity index (χ3v) is 15.2. The predicted molar refractivity (Wildman–Crippen MR) is 152 cm³/mol. The van der Waals surface area contributed by atoms with Crippen molar-refractivity contribution in [2.75, 3.05) is 5.73 Å². The number of allylic oxidation sites excluding steroid dienone is 2. The summed E-state index contributed by atoms with van der Waals surface area (Å²) in [5, 5.41) is 12.3. The Morgan fingerprint density at radius 2 is 1.54 bits per heavy atom. The monoisotopic (exact) mass is 527 g/mol. The molecule has 37 heavy (non-hydrogen) atoms. The Morgan fingerprint density at radius 3 is 2.11 bits per heavy atom. The van der Waals surface area contributed by atoms with E-state index in [-0.39, 0.29) is 22.3 Å². The van der Waals surface area contributed by atoms with Gasteiger partial charge in [0.05, 0.1) is 5.60 Å². The van der Waals surface area contributed by atoms with E-state index in [4.69, 9.17) is 19.3 Å². The van der Waals surface area contributed by atoms with Crippen LogP contribution < -0.4 is 5.73 Å². The van der Waals surface area contributed by atoms with Crippen molar-refractivity contribution >= 4 is 19.8 Å². The minimum atomic E-state index is -2.74. The number of hydrogen-bond donors (Lipinski definition) is 2. The van der Waals surface area contributed by atoms with Crippen LogP contribution in [-0.2, 0) is 19.2 Å². The topological polar surface area (TPSA) is 73.9 Å². The molecule has 5 atom stereocenters. The molecule has 6 heteroatoms. The molecule has 3 aliphatic heterocycles. The molecule has 4 aliphatic rings. The highest BCUT2D eigenvalue weighted by Crippen LogP contribution is 2.66. The summed E-state index contributed by atoms with van der Waals surface area (Å²) in [6, 6.07) is 6.07. The van der Waals surface area contributed by atoms with Crippen molar-refractivity contribution in [3.05, 3.63) is 35.4 Å². The molecule has 0 spiro atoms. The average Bonchev–Trinajstić information content (AvgIpc) is 3.28. The van der Waals surface area contributed by atoms with Gasteiger partial charge in [-0.15, -0.1) is 0 Å². The highest BCUT2D eigenvalue weighted by molar-refractivity contribution is 6.74. The quantitative estimate of drug-likeness (QED) is 0.314. The largest absolute Gasteiger partial charge is 0.398 e. The lowest BCUT2D eigenvalue weighted by atomic mass is 9.71. The van der Waals surface area contributed by atoms with Crippen molar-refractivity contribution in [3.63, 3.8) is 0 Å². The fraction of sp³-hybridized carbons (Fsp3) is 0.742. The maximum Gasteiger partial charge on any atom is 0.350 e. The number of anilines is 1. The summed E-state index contributed by atoms with van der Waals surface area (Å²) in [6.45, 7) is 22.3. The van der Waals surface area contributed by atoms with E-state index < -0.39 is 25.4 Å². The number of fused-ring (bicyclic) bond motifs is 5. The number of hydrogen-bond acceptors (Lipinski definition) is 5. The summed E-state index contributed by atoms with van der Waals surface area (Å²) >= 11 is 0. The molecule has 3 N–H and O–H groups in total. The van der Waals surface area contributed by atoms with Gasteiger partial charge in [0.25, 0.3) is 0 Å². The molecule has 5 rings (SSSR count). The maximum atomic E-state index is 12.6. The first-order chi connectivity index (χ1) is 16.8. The van der Waals surface area contributed by atoms with E-state index in [2.05, 4.69) is 74.5 Å². The Hall–Kier alpha value is -1.18. The van der Waals surface area contributed by atoms with Crippen LogP contribution in [0.25, 0.3) is 5.57 Å². The number of aliphatic hydroxyl groups is 1. The molecule has 206 valence electrons. The van der Waals surface area contributed by atoms with Gasteiger partial charge in [-0.05, 0) is 74.6 Å². The number of nitrogens with two attached hydrogens (primary N) is 1. The molecule has 0 aromatic heterocycles. The van der Waals surface area contributed by atoms with Crippen LogP contribution in [0.4, 0.5) is 5.69 Å². The molecule has 2 bridgehead atoms. The molecule has 1 aliphatic carbocycles. The smallest absolute Gasteiger partial charge is 0.350 e. The summed E-state index contributed by atoms with van der Waals surface area (Å²) in [7, 11) is -2.74. The van der Waals surface area contributed by atoms with Gasteiger partial charge in [0, 0.05) is 21.3 Å². The fourth-order valence-electron chi connectivity index (χ4n) is 7.82. The van der Waals surface area contributed by atoms with Gasteiger partial charge in [-0.2, -0.15) is 0 Å². The van der Waals surface area contributed by atoms with Crippen LogP contribution in [0.3, 0.4) is 0 Å². The third kappa shape index (κ3) is 3.76. The highest BCUT2D eigenvalue weighted by Gasteiger charge is 2.78. The number of ether oxygens (including phenoxy) is 1. The second-order valence-electron chi connectivity index (χ2n) is 15.5. The zero-order valence-corrected chi connectivity index (χ0v) is 25.7. The zero-order valence-electron chi connectivity index (χ0n) is 24.7. The van der Waals surface area contributed by atoms with Crippen LogP contribution in [0.2, 0.25) is 10.1 Å². The van der Waals surface area contributed by atoms with Crippen molar-refractivity contribution in [3.8, 4) is 0 Å². The molecule has 0 unspecified atom stereocenters. The Kier molecular flexibility index (Phi) is 5.88. The van der Waals surface area contributed by atoms with Gasteiger partial charge in [-0.1, -0.05) is 67.5 Å². The summed E-state index contributed by atoms with van der Waals surface area (Å²) in [6.07, 6.45) is 6.26. The summed E-state index contributed by atoms with van der Waals surface area (Å²) in [5.41, 5.74) is 8.14. The van der Waals surface area contributed by atoms with Gasteiger partial charge < -0.3 is 24.4 Å². The first-order valence-corrected chi connectivity index (χ1v) is 16.0. The second-order valence-corrected chi connectivity index (χ2v) is 20.2. The van der Waals surface area contributed by atoms with Crippen LogP contribution >= 0.6 is 0 Å². The van der Waals surface area contributed by atoms with E-state index in [1.807, 2.05) is 19.1 Å². The molecule has 1 aromatic carbocycles. The normalized spacial score (nSPS) is 38.8. The molecule has 3 fully saturated rings. The SMILES string of the molecule is CC1(C)CC=C(c2cc([C@]3(O)CC[C@]4(C)O[C@@]3(C)[C@H]3O[Si](C(C)(C)C)(C(C)(C)C)O[C@H]34)ccc2N)CC1. The number of benzene rings is 1. The van der Waals surface area contributed by atoms with Gasteiger partial charge in [0.15, 0.2) is 0 Å². The molecule has 3 saturated heterocycles. The Morgan fingerprint density at radius 1 is 0.919 bits per heavy atom. The van der Waals surface area contributed by atoms with Crippen molar-refractivity contribution in [1.82, 2.24) is 0 Å². The van der Waals surface area contributed by atoms with Gasteiger partial charge in [0.1, 0.15) is 23.4 Å². The molecular weight excluding hydrogens is 478 g/mol. The number of rotatable bonds is 2. The van der Waals surface area contributed by atoms with E-state index >= 15 is 0 Å². The number of nitrogen functional groups attached to an aromatic ring is 1. The maximum absolute atomic E-state index is 12.6. The molecular formula is C31H49NO4Si. The fourth-order valence-corrected chi connectivity index (χ4v) is 13.0. The van der Waals surface area contributed by atoms with Crippen LogP contribution in [0, 0.1) is 5.41 Å². The van der Waals surface area contributed by atoms with E-state index in [0.717, 1.165) is 36.1 Å². The average molecular weight is 528 g/mol. The first-order valence-electron chi connectivity index (χ1n) is 14.2. The van der Waals surface area contributed by atoms with E-state index in [0.29, 0.717) is 18.3 Å². The lowest BCUT2D eigenvalue weighted by molar-refractivity contribution is -0.256. The highest BCUT2D eigenvalue weighted by atomic mass is 28.4. The molecule has 3 heterocycles. The van der Waals surface area contributed by atoms with Crippen molar-refractivity contribution in [2.24, 2.45) is 5.41 Å². The zero-order chi connectivity index (χ0) is 27.4. The van der Waals surface area contributed by atoms with Gasteiger partial charge in [0.2, 0.25) is 0 Å². The van der Waals surface area contributed by atoms with Crippen LogP contribution in [0.5, 0.6) is 0 Å². The third-order valence-electron chi connectivity index (χ3n) is 10.1. The summed E-state index contributed by atoms with van der Waals surface area (Å²) < 4.78 is 21.2. The Labute approximate surface area is 225 Å². The molecule has 5 nitrogen and oxygen atoms in total. The van der Waals surface area contributed by atoms with Crippen LogP contribution in [0.1, 0.15) is 112 Å². The van der Waals surface area contributed by atoms with Gasteiger partial charge in [-0.25, -0.2) is 0 Å². The Bertz CT molecular complexity index is 1120. The van der Waals surface area contributed by atoms with E-state index in [1.54, 1.807) is 0 Å². The summed E-state index contributed by atoms with van der Waals surface area (Å²) in [4.78, 5) is 0. The lowest BCUT2D eigenvalue weighted by Gasteiger charge is -2.53. The predicted octanol–water partition coefficient (Wildman–Crippen LogP) is 7.22. The molecule has 1 aromatic rings. The van der Waals surface area contributed by atoms with Gasteiger partial charge >= 0.3 is 8.56 Å². The molecule has 0 radical (unpaired) electrons. The standard InChI is InChI=1S/C31H49NO4Si/c1-26(2,3)37(27(4,5)6)34-24-25(35-37)30(10)31(33,18-17-29(24,9)36-30)21-11-12-23(32)22(19-21)20-13-15-28(7,8)16-14-20/h11-13,19,24-25,33H,14-18,32H2,1-10H3/t24-,25+,29+,30+,31-/m1/s1. The minimum Gasteiger partial charge on any atom is -0.398 e. The van der Waals surface area contributed by atoms with E-state index in [1.165, 1.54) is 5.57 Å². The van der Waals surface area contributed by atoms with E-state index in [9.17, 15) is 5.11 Å². The molecule has 0 amide bonds. The first kappa shape index (κ1) is 27.4. The summed E-state index contributed by atoms with van der Waals surface area (Å²) in [5.74, 6) is 0. The lowest BCUT2D eigenvalue weighted by Crippen LogP contribution is -2.63. The van der Waals surface area contributed by atoms with Crippen LogP contribution in [0.15, 0.2) is 24.3 Å². The minimum absolute atomic E-state index is 0.135. The van der Waals surface area contributed by atoms with Crippen molar-refractivity contribution in [1.29, 1.82) is 0 Å². The van der Waals surface area contributed by atoms with Crippen molar-refractivity contribution in [2.45, 2.75) is 140 Å². The van der Waals surface area contributed by atoms with Crippen LogP contribution in [-0.4, -0.2) is 37.1 Å². The second kappa shape index (κ2) is 7.94. The molecule has 0 saturated carbocycles. The van der Waals surface area contributed by atoms with Gasteiger partial charge in [-0.3, -0.25) is 0 Å². The Balaban J connectivity index is 1.58.